The summed E-state index contributed by atoms with van der Waals surface area (Å²) in [5.41, 5.74) is 6.92. The summed E-state index contributed by atoms with van der Waals surface area (Å²) in [5.74, 6) is 1.50. The Hall–Kier alpha value is 3.08. The molecule has 0 heterocycles. The minimum atomic E-state index is 0. The zero-order valence-corrected chi connectivity index (χ0v) is 25.2. The van der Waals surface area contributed by atoms with Crippen LogP contribution in [0.1, 0.15) is 0 Å². The number of aliphatic hydroxyl groups excluding tert-OH is 1. The first-order valence-corrected chi connectivity index (χ1v) is 6.63. The van der Waals surface area contributed by atoms with Crippen molar-refractivity contribution in [3.63, 3.8) is 0 Å². The summed E-state index contributed by atoms with van der Waals surface area (Å²) in [6.07, 6.45) is 0. The molecule has 0 saturated heterocycles. The van der Waals surface area contributed by atoms with Crippen LogP contribution in [0, 0.1) is 0 Å². The zero-order chi connectivity index (χ0) is 14.5. The van der Waals surface area contributed by atoms with E-state index in [1.165, 1.54) is 0 Å². The van der Waals surface area contributed by atoms with Gasteiger partial charge in [0, 0.05) is 137 Å². The van der Waals surface area contributed by atoms with E-state index in [9.17, 15) is 0 Å². The third kappa shape index (κ3) is 19.8. The Balaban J connectivity index is -0.000000500. The largest absolute Gasteiger partial charge is 0.676 e. The second-order valence-corrected chi connectivity index (χ2v) is 3.87. The van der Waals surface area contributed by atoms with Gasteiger partial charge < -0.3 is 29.8 Å². The number of aliphatic hydroxyl groups is 1. The van der Waals surface area contributed by atoms with Crippen molar-refractivity contribution >= 4 is 0 Å². The molecule has 0 fully saturated rings. The fourth-order valence-corrected chi connectivity index (χ4v) is 1.41. The number of hydrogen-bond donors (Lipinski definition) is 1. The van der Waals surface area contributed by atoms with E-state index in [1.54, 1.807) is 0 Å². The standard InChI is InChI=1S/C14H22NO5.4Y/c15-5-7-17-9-11-19-13-1-3-14(4-2-13)20-12-10-18-8-6-16;;;;/h1-4,15-16H,5-12H2;;;;/q-1;;;;. The fourth-order valence-electron chi connectivity index (χ4n) is 1.41. The van der Waals surface area contributed by atoms with E-state index in [1.807, 2.05) is 24.3 Å². The van der Waals surface area contributed by atoms with Crippen molar-refractivity contribution in [2.45, 2.75) is 0 Å². The molecule has 0 amide bonds. The van der Waals surface area contributed by atoms with Gasteiger partial charge >= 0.3 is 0 Å². The first-order chi connectivity index (χ1) is 9.86. The molecule has 2 N–H and O–H groups in total. The smallest absolute Gasteiger partial charge is 0.119 e. The predicted molar refractivity (Wildman–Crippen MR) is 75.3 cm³/mol. The van der Waals surface area contributed by atoms with Crippen LogP contribution < -0.4 is 9.47 Å². The molecule has 0 saturated carbocycles. The van der Waals surface area contributed by atoms with Crippen molar-refractivity contribution in [1.29, 1.82) is 0 Å². The maximum atomic E-state index is 8.53. The van der Waals surface area contributed by atoms with Crippen LogP contribution in [0.2, 0.25) is 0 Å². The van der Waals surface area contributed by atoms with Gasteiger partial charge in [0.2, 0.25) is 0 Å². The molecule has 0 unspecified atom stereocenters. The molecule has 0 atom stereocenters. The van der Waals surface area contributed by atoms with Crippen LogP contribution in [-0.2, 0) is 140 Å². The summed E-state index contributed by atoms with van der Waals surface area (Å²) in [6.45, 7) is 2.92. The number of ether oxygens (including phenoxy) is 4. The van der Waals surface area contributed by atoms with Gasteiger partial charge in [-0.2, -0.15) is 0 Å². The van der Waals surface area contributed by atoms with Crippen LogP contribution in [0.15, 0.2) is 24.3 Å². The van der Waals surface area contributed by atoms with Gasteiger partial charge in [-0.3, -0.25) is 0 Å². The topological polar surface area (TPSA) is 81.0 Å². The van der Waals surface area contributed by atoms with Gasteiger partial charge in [0.1, 0.15) is 24.7 Å². The Morgan fingerprint density at radius 1 is 0.667 bits per heavy atom. The van der Waals surface area contributed by atoms with E-state index >= 15 is 0 Å². The molecule has 1 aromatic carbocycles. The molecule has 126 valence electrons. The maximum absolute atomic E-state index is 8.53. The number of nitrogens with one attached hydrogen (secondary N) is 1. The molecule has 6 nitrogen and oxygen atoms in total. The molecule has 1 rings (SSSR count). The second-order valence-electron chi connectivity index (χ2n) is 3.87. The molecule has 0 aliphatic rings. The molecule has 4 radical (unpaired) electrons. The summed E-state index contributed by atoms with van der Waals surface area (Å²) < 4.78 is 21.2. The maximum Gasteiger partial charge on any atom is 0.119 e. The number of benzene rings is 1. The molecule has 0 aliphatic heterocycles. The summed E-state index contributed by atoms with van der Waals surface area (Å²) in [6, 6.07) is 7.31. The van der Waals surface area contributed by atoms with Crippen molar-refractivity contribution in [3.05, 3.63) is 30.0 Å². The fraction of sp³-hybridized carbons (Fsp3) is 0.571. The van der Waals surface area contributed by atoms with E-state index in [-0.39, 0.29) is 144 Å². The van der Waals surface area contributed by atoms with Crippen molar-refractivity contribution in [1.82, 2.24) is 0 Å². The SMILES string of the molecule is [NH-]CCOCCOc1ccc(OCCOCCO)cc1.[Y].[Y].[Y].[Y]. The Kier molecular flexibility index (Phi) is 37.6. The van der Waals surface area contributed by atoms with Crippen molar-refractivity contribution in [2.24, 2.45) is 0 Å². The van der Waals surface area contributed by atoms with Crippen LogP contribution >= 0.6 is 0 Å². The average molecular weight is 640 g/mol. The Morgan fingerprint density at radius 3 is 1.46 bits per heavy atom. The second kappa shape index (κ2) is 26.1. The Labute approximate surface area is 244 Å². The van der Waals surface area contributed by atoms with Gasteiger partial charge in [0.05, 0.1) is 26.4 Å². The van der Waals surface area contributed by atoms with Gasteiger partial charge in [-0.25, -0.2) is 0 Å². The summed E-state index contributed by atoms with van der Waals surface area (Å²) in [4.78, 5) is 0. The molecule has 0 aromatic heterocycles. The summed E-state index contributed by atoms with van der Waals surface area (Å²) in [7, 11) is 0. The van der Waals surface area contributed by atoms with E-state index in [0.717, 1.165) is 11.5 Å². The normalized spacial score (nSPS) is 8.75. The van der Waals surface area contributed by atoms with E-state index < -0.39 is 0 Å². The van der Waals surface area contributed by atoms with Crippen LogP contribution in [0.4, 0.5) is 0 Å². The number of hydrogen-bond acceptors (Lipinski definition) is 5. The van der Waals surface area contributed by atoms with Crippen molar-refractivity contribution in [2.75, 3.05) is 52.8 Å². The molecular weight excluding hydrogens is 618 g/mol. The average Bonchev–Trinajstić information content (AvgIpc) is 2.48. The molecule has 0 bridgehead atoms. The van der Waals surface area contributed by atoms with Gasteiger partial charge in [-0.1, -0.05) is 0 Å². The predicted octanol–water partition coefficient (Wildman–Crippen LogP) is 1.51. The molecule has 10 heteroatoms. The Bertz CT molecular complexity index is 313. The summed E-state index contributed by atoms with van der Waals surface area (Å²) >= 11 is 0. The summed E-state index contributed by atoms with van der Waals surface area (Å²) in [5, 5.41) is 8.53. The Morgan fingerprint density at radius 2 is 1.08 bits per heavy atom. The quantitative estimate of drug-likeness (QED) is 0.351. The monoisotopic (exact) mass is 640 g/mol. The zero-order valence-electron chi connectivity index (χ0n) is 13.9. The third-order valence-corrected chi connectivity index (χ3v) is 2.30. The van der Waals surface area contributed by atoms with Crippen LogP contribution in [0.25, 0.3) is 5.73 Å². The van der Waals surface area contributed by atoms with Gasteiger partial charge in [0.15, 0.2) is 0 Å². The van der Waals surface area contributed by atoms with Crippen LogP contribution in [-0.4, -0.2) is 57.9 Å². The minimum absolute atomic E-state index is 0. The molecule has 24 heavy (non-hydrogen) atoms. The van der Waals surface area contributed by atoms with Crippen LogP contribution in [0.3, 0.4) is 0 Å². The van der Waals surface area contributed by atoms with Gasteiger partial charge in [-0.05, 0) is 24.3 Å². The first kappa shape index (κ1) is 34.6. The van der Waals surface area contributed by atoms with Gasteiger partial charge in [-0.15, -0.1) is 6.54 Å². The first-order valence-electron chi connectivity index (χ1n) is 6.63. The minimum Gasteiger partial charge on any atom is -0.676 e. The number of rotatable bonds is 12. The third-order valence-electron chi connectivity index (χ3n) is 2.30. The molecule has 0 spiro atoms. The van der Waals surface area contributed by atoms with E-state index in [2.05, 4.69) is 0 Å². The van der Waals surface area contributed by atoms with Crippen LogP contribution in [0.5, 0.6) is 11.5 Å². The van der Waals surface area contributed by atoms with E-state index in [4.69, 9.17) is 29.8 Å². The van der Waals surface area contributed by atoms with Gasteiger partial charge in [0.25, 0.3) is 0 Å². The van der Waals surface area contributed by atoms with Crippen molar-refractivity contribution < 1.29 is 155 Å². The van der Waals surface area contributed by atoms with E-state index in [0.29, 0.717) is 39.6 Å². The molecule has 0 aliphatic carbocycles. The van der Waals surface area contributed by atoms with Crippen molar-refractivity contribution in [3.8, 4) is 11.5 Å². The molecular formula is C14H22NO5Y4-. The molecule has 1 aromatic rings.